The highest BCUT2D eigenvalue weighted by atomic mass is 19.1. The van der Waals surface area contributed by atoms with Crippen LogP contribution < -0.4 is 20.4 Å². The third-order valence-electron chi connectivity index (χ3n) is 13.8. The van der Waals surface area contributed by atoms with Crippen LogP contribution in [0.5, 0.6) is 0 Å². The van der Waals surface area contributed by atoms with Gasteiger partial charge in [-0.2, -0.15) is 15.5 Å². The van der Waals surface area contributed by atoms with Crippen LogP contribution in [-0.2, 0) is 14.4 Å². The van der Waals surface area contributed by atoms with Gasteiger partial charge in [0, 0.05) is 92.7 Å². The summed E-state index contributed by atoms with van der Waals surface area (Å²) in [5.41, 5.74) is 4.39. The molecule has 0 radical (unpaired) electrons. The fraction of sp³-hybridized carbons (Fsp3) is 0.417. The number of likely N-dealkylation sites (tertiary alicyclic amines) is 1. The van der Waals surface area contributed by atoms with Gasteiger partial charge in [-0.1, -0.05) is 0 Å². The van der Waals surface area contributed by atoms with Crippen molar-refractivity contribution in [1.82, 2.24) is 49.5 Å². The zero-order valence-electron chi connectivity index (χ0n) is 37.2. The highest BCUT2D eigenvalue weighted by molar-refractivity contribution is 6.01. The van der Waals surface area contributed by atoms with Crippen LogP contribution in [0.2, 0.25) is 0 Å². The van der Waals surface area contributed by atoms with E-state index in [0.717, 1.165) is 54.4 Å². The third kappa shape index (κ3) is 9.13. The summed E-state index contributed by atoms with van der Waals surface area (Å²) in [5, 5.41) is 36.0. The molecule has 3 N–H and O–H groups in total. The Morgan fingerprint density at radius 3 is 2.43 bits per heavy atom. The lowest BCUT2D eigenvalue weighted by Crippen LogP contribution is -2.49. The summed E-state index contributed by atoms with van der Waals surface area (Å²) < 4.78 is 18.9. The molecule has 19 heteroatoms. The number of fused-ring (bicyclic) bond motifs is 1. The SMILES string of the molecule is Cc1ccnc(C2CCN(c3ccc(-c4nc(-c5cnn(C6CCN(C(=O)CC7(O)CCN(c8ccc(NC9CCC(=O)NC9=O)cc8F)CC7)CC6)c5)cn5ncc(C#N)c45)cn3)CC2)n1. The quantitative estimate of drug-likeness (QED) is 0.155. The Morgan fingerprint density at radius 1 is 0.910 bits per heavy atom. The van der Waals surface area contributed by atoms with Crippen molar-refractivity contribution in [1.29, 1.82) is 5.26 Å². The summed E-state index contributed by atoms with van der Waals surface area (Å²) >= 11 is 0. The van der Waals surface area contributed by atoms with Gasteiger partial charge in [0.25, 0.3) is 0 Å². The summed E-state index contributed by atoms with van der Waals surface area (Å²) in [6.07, 6.45) is 15.1. The molecule has 1 aromatic carbocycles. The Hall–Kier alpha value is -7.33. The highest BCUT2D eigenvalue weighted by Crippen LogP contribution is 2.35. The van der Waals surface area contributed by atoms with Crippen LogP contribution in [0.15, 0.2) is 73.6 Å². The lowest BCUT2D eigenvalue weighted by atomic mass is 9.87. The lowest BCUT2D eigenvalue weighted by molar-refractivity contribution is -0.139. The van der Waals surface area contributed by atoms with Crippen molar-refractivity contribution in [2.75, 3.05) is 54.4 Å². The number of nitrogens with one attached hydrogen (secondary N) is 2. The molecule has 4 aliphatic rings. The van der Waals surface area contributed by atoms with Crippen LogP contribution >= 0.6 is 0 Å². The molecule has 1 atom stereocenters. The number of carbonyl (C=O) groups excluding carboxylic acids is 3. The van der Waals surface area contributed by atoms with Gasteiger partial charge in [0.05, 0.1) is 53.7 Å². The van der Waals surface area contributed by atoms with Crippen LogP contribution in [0, 0.1) is 24.1 Å². The number of hydrogen-bond acceptors (Lipinski definition) is 14. The molecular formula is C48H51FN14O4. The van der Waals surface area contributed by atoms with Gasteiger partial charge < -0.3 is 25.1 Å². The van der Waals surface area contributed by atoms with Gasteiger partial charge in [-0.3, -0.25) is 24.4 Å². The Bertz CT molecular complexity index is 2870. The van der Waals surface area contributed by atoms with Crippen LogP contribution in [-0.4, -0.2) is 118 Å². The van der Waals surface area contributed by atoms with E-state index < -0.39 is 23.4 Å². The maximum absolute atomic E-state index is 15.3. The van der Waals surface area contributed by atoms with Gasteiger partial charge in [0.2, 0.25) is 17.7 Å². The van der Waals surface area contributed by atoms with Gasteiger partial charge in [0.1, 0.15) is 40.7 Å². The van der Waals surface area contributed by atoms with Gasteiger partial charge >= 0.3 is 0 Å². The largest absolute Gasteiger partial charge is 0.389 e. The third-order valence-corrected chi connectivity index (χ3v) is 13.8. The fourth-order valence-electron chi connectivity index (χ4n) is 9.85. The van der Waals surface area contributed by atoms with Crippen LogP contribution in [0.4, 0.5) is 21.6 Å². The number of aliphatic hydroxyl groups is 1. The minimum atomic E-state index is -1.20. The van der Waals surface area contributed by atoms with Gasteiger partial charge in [-0.05, 0) is 88.3 Å². The number of carbonyl (C=O) groups is 3. The molecule has 5 aromatic heterocycles. The van der Waals surface area contributed by atoms with Crippen LogP contribution in [0.25, 0.3) is 28.0 Å². The van der Waals surface area contributed by atoms with E-state index in [-0.39, 0.29) is 30.7 Å². The summed E-state index contributed by atoms with van der Waals surface area (Å²) in [6.45, 7) is 5.47. The zero-order valence-corrected chi connectivity index (χ0v) is 37.2. The number of pyridine rings is 1. The Morgan fingerprint density at radius 2 is 1.72 bits per heavy atom. The molecule has 0 bridgehead atoms. The normalized spacial score (nSPS) is 19.4. The van der Waals surface area contributed by atoms with E-state index in [1.54, 1.807) is 41.4 Å². The number of piperidine rings is 4. The number of benzene rings is 1. The molecule has 10 rings (SSSR count). The van der Waals surface area contributed by atoms with Gasteiger partial charge in [-0.25, -0.2) is 28.8 Å². The Labute approximate surface area is 385 Å². The first kappa shape index (κ1) is 43.6. The van der Waals surface area contributed by atoms with Crippen molar-refractivity contribution in [3.8, 4) is 28.6 Å². The molecule has 18 nitrogen and oxygen atoms in total. The Balaban J connectivity index is 0.742. The molecule has 344 valence electrons. The maximum Gasteiger partial charge on any atom is 0.249 e. The topological polar surface area (TPSA) is 216 Å². The lowest BCUT2D eigenvalue weighted by Gasteiger charge is -2.40. The monoisotopic (exact) mass is 906 g/mol. The minimum Gasteiger partial charge on any atom is -0.389 e. The smallest absolute Gasteiger partial charge is 0.249 e. The number of imide groups is 1. The molecule has 6 aromatic rings. The summed E-state index contributed by atoms with van der Waals surface area (Å²) in [4.78, 5) is 62.2. The molecule has 4 fully saturated rings. The number of rotatable bonds is 10. The average Bonchev–Trinajstić information content (AvgIpc) is 4.01. The molecule has 0 saturated carbocycles. The standard InChI is InChI=1S/C48H51FN14O4/c1-30-8-15-51-46(55-30)31-9-16-60(17-10-31)41-6-2-32(25-52-41)44-45-33(24-50)26-54-63(45)29-39(57-44)34-27-53-62(28-34)36-11-18-61(19-12-36)43(65)23-48(67)13-20-59(21-14-48)40-5-3-35(22-37(40)49)56-38-4-7-42(64)58-47(38)66/h2-3,5-6,8,15,22,25-29,31,36,38,56,67H,4,7,9-14,16-21,23H2,1H3,(H,58,64,66). The second-order valence-corrected chi connectivity index (χ2v) is 18.2. The predicted molar refractivity (Wildman–Crippen MR) is 245 cm³/mol. The first-order valence-electron chi connectivity index (χ1n) is 23.0. The molecule has 3 amide bonds. The second kappa shape index (κ2) is 18.2. The molecule has 4 saturated heterocycles. The first-order valence-corrected chi connectivity index (χ1v) is 23.0. The van der Waals surface area contributed by atoms with E-state index >= 15 is 4.39 Å². The van der Waals surface area contributed by atoms with Gasteiger partial charge in [0.15, 0.2) is 0 Å². The number of nitrogens with zero attached hydrogens (tertiary/aromatic N) is 12. The molecule has 9 heterocycles. The second-order valence-electron chi connectivity index (χ2n) is 18.2. The van der Waals surface area contributed by atoms with E-state index in [1.165, 1.54) is 6.07 Å². The van der Waals surface area contributed by atoms with E-state index in [1.807, 2.05) is 52.0 Å². The van der Waals surface area contributed by atoms with Crippen molar-refractivity contribution < 1.29 is 23.9 Å². The number of anilines is 3. The minimum absolute atomic E-state index is 0.00653. The number of amides is 3. The summed E-state index contributed by atoms with van der Waals surface area (Å²) in [6, 6.07) is 12.3. The zero-order chi connectivity index (χ0) is 46.2. The van der Waals surface area contributed by atoms with Crippen LogP contribution in [0.1, 0.15) is 86.8 Å². The highest BCUT2D eigenvalue weighted by Gasteiger charge is 2.37. The van der Waals surface area contributed by atoms with Crippen molar-refractivity contribution in [3.63, 3.8) is 0 Å². The molecule has 0 spiro atoms. The van der Waals surface area contributed by atoms with E-state index in [9.17, 15) is 24.8 Å². The van der Waals surface area contributed by atoms with E-state index in [4.69, 9.17) is 15.1 Å². The average molecular weight is 907 g/mol. The van der Waals surface area contributed by atoms with E-state index in [0.29, 0.717) is 98.0 Å². The number of aryl methyl sites for hydroxylation is 1. The summed E-state index contributed by atoms with van der Waals surface area (Å²) in [5.74, 6) is 0.789. The first-order chi connectivity index (χ1) is 32.5. The van der Waals surface area contributed by atoms with Crippen molar-refractivity contribution in [2.24, 2.45) is 0 Å². The van der Waals surface area contributed by atoms with E-state index in [2.05, 4.69) is 36.7 Å². The number of aromatic nitrogens is 8. The number of hydrogen-bond donors (Lipinski definition) is 3. The van der Waals surface area contributed by atoms with Gasteiger partial charge in [-0.15, -0.1) is 0 Å². The van der Waals surface area contributed by atoms with Crippen molar-refractivity contribution in [3.05, 3.63) is 96.5 Å². The molecule has 0 aliphatic carbocycles. The van der Waals surface area contributed by atoms with Crippen LogP contribution in [0.3, 0.4) is 0 Å². The number of halogens is 1. The maximum atomic E-state index is 15.3. The summed E-state index contributed by atoms with van der Waals surface area (Å²) in [7, 11) is 0. The molecule has 67 heavy (non-hydrogen) atoms. The molecule has 4 aliphatic heterocycles. The fourth-order valence-corrected chi connectivity index (χ4v) is 9.85. The molecule has 1 unspecified atom stereocenters. The molecular weight excluding hydrogens is 856 g/mol. The van der Waals surface area contributed by atoms with Crippen molar-refractivity contribution >= 4 is 40.4 Å². The predicted octanol–water partition coefficient (Wildman–Crippen LogP) is 4.95. The number of nitriles is 1. The van der Waals surface area contributed by atoms with Crippen molar-refractivity contribution in [2.45, 2.75) is 88.3 Å². The Kier molecular flexibility index (Phi) is 11.8.